The molecule has 100 valence electrons. The summed E-state index contributed by atoms with van der Waals surface area (Å²) in [6.07, 6.45) is 0. The molecule has 1 N–H and O–H groups in total. The first-order valence-electron chi connectivity index (χ1n) is 5.09. The Kier molecular flexibility index (Phi) is 3.41. The van der Waals surface area contributed by atoms with Crippen LogP contribution in [0.15, 0.2) is 28.7 Å². The van der Waals surface area contributed by atoms with E-state index in [0.717, 1.165) is 6.07 Å². The van der Waals surface area contributed by atoms with E-state index in [1.54, 1.807) is 0 Å². The van der Waals surface area contributed by atoms with Gasteiger partial charge in [0, 0.05) is 12.1 Å². The molecule has 2 aromatic rings. The first-order chi connectivity index (χ1) is 8.97. The number of nitro groups is 1. The van der Waals surface area contributed by atoms with Gasteiger partial charge in [-0.15, -0.1) is 0 Å². The zero-order chi connectivity index (χ0) is 14.0. The molecule has 19 heavy (non-hydrogen) atoms. The standard InChI is InChI=1S/C11H7F3N2O3/c12-6-3-8(13)11(9(14)4-6)15-5-7-1-2-10(19-7)16(17)18/h1-4,15H,5H2. The minimum atomic E-state index is -1.10. The van der Waals surface area contributed by atoms with Gasteiger partial charge in [-0.25, -0.2) is 13.2 Å². The van der Waals surface area contributed by atoms with Crippen LogP contribution in [0.5, 0.6) is 0 Å². The van der Waals surface area contributed by atoms with Crippen LogP contribution in [0.4, 0.5) is 24.7 Å². The van der Waals surface area contributed by atoms with Gasteiger partial charge in [-0.3, -0.25) is 10.1 Å². The van der Waals surface area contributed by atoms with Crippen molar-refractivity contribution >= 4 is 11.6 Å². The molecule has 1 heterocycles. The van der Waals surface area contributed by atoms with Crippen molar-refractivity contribution in [3.63, 3.8) is 0 Å². The summed E-state index contributed by atoms with van der Waals surface area (Å²) in [4.78, 5) is 9.63. The van der Waals surface area contributed by atoms with Gasteiger partial charge in [-0.2, -0.15) is 0 Å². The third kappa shape index (κ3) is 2.84. The third-order valence-corrected chi connectivity index (χ3v) is 2.27. The highest BCUT2D eigenvalue weighted by molar-refractivity contribution is 5.46. The Morgan fingerprint density at radius 2 is 1.84 bits per heavy atom. The summed E-state index contributed by atoms with van der Waals surface area (Å²) in [6, 6.07) is 3.46. The van der Waals surface area contributed by atoms with Crippen LogP contribution < -0.4 is 5.32 Å². The van der Waals surface area contributed by atoms with E-state index in [9.17, 15) is 23.3 Å². The van der Waals surface area contributed by atoms with Gasteiger partial charge in [0.05, 0.1) is 12.6 Å². The lowest BCUT2D eigenvalue weighted by Crippen LogP contribution is -2.03. The van der Waals surface area contributed by atoms with Crippen molar-refractivity contribution in [2.75, 3.05) is 5.32 Å². The fraction of sp³-hybridized carbons (Fsp3) is 0.0909. The zero-order valence-electron chi connectivity index (χ0n) is 9.32. The maximum atomic E-state index is 13.3. The molecule has 2 rings (SSSR count). The van der Waals surface area contributed by atoms with Gasteiger partial charge in [0.1, 0.15) is 22.2 Å². The topological polar surface area (TPSA) is 68.3 Å². The maximum absolute atomic E-state index is 13.3. The number of benzene rings is 1. The number of halogens is 3. The number of nitrogens with one attached hydrogen (secondary N) is 1. The second-order valence-electron chi connectivity index (χ2n) is 3.60. The summed E-state index contributed by atoms with van der Waals surface area (Å²) in [6.45, 7) is -0.173. The van der Waals surface area contributed by atoms with Crippen LogP contribution in [0.25, 0.3) is 0 Å². The molecule has 0 saturated heterocycles. The highest BCUT2D eigenvalue weighted by atomic mass is 19.1. The molecule has 0 bridgehead atoms. The Morgan fingerprint density at radius 3 is 2.37 bits per heavy atom. The summed E-state index contributed by atoms with van der Waals surface area (Å²) >= 11 is 0. The maximum Gasteiger partial charge on any atom is 0.433 e. The fourth-order valence-electron chi connectivity index (χ4n) is 1.45. The summed E-state index contributed by atoms with van der Waals surface area (Å²) in [7, 11) is 0. The van der Waals surface area contributed by atoms with Crippen LogP contribution in [0.1, 0.15) is 5.76 Å². The molecular weight excluding hydrogens is 265 g/mol. The Hall–Kier alpha value is -2.51. The Labute approximate surface area is 104 Å². The first-order valence-corrected chi connectivity index (χ1v) is 5.09. The van der Waals surface area contributed by atoms with Crippen molar-refractivity contribution < 1.29 is 22.5 Å². The van der Waals surface area contributed by atoms with Gasteiger partial charge >= 0.3 is 5.88 Å². The Morgan fingerprint density at radius 1 is 1.21 bits per heavy atom. The van der Waals surface area contributed by atoms with Crippen LogP contribution in [0.2, 0.25) is 0 Å². The van der Waals surface area contributed by atoms with Crippen LogP contribution >= 0.6 is 0 Å². The molecule has 0 saturated carbocycles. The molecule has 8 heteroatoms. The lowest BCUT2D eigenvalue weighted by atomic mass is 10.2. The van der Waals surface area contributed by atoms with Crippen LogP contribution in [-0.4, -0.2) is 4.92 Å². The van der Waals surface area contributed by atoms with Gasteiger partial charge in [0.2, 0.25) is 0 Å². The highest BCUT2D eigenvalue weighted by Crippen LogP contribution is 2.22. The minimum Gasteiger partial charge on any atom is -0.404 e. The summed E-state index contributed by atoms with van der Waals surface area (Å²) in [5, 5.41) is 12.7. The molecule has 1 aromatic carbocycles. The number of anilines is 1. The van der Waals surface area contributed by atoms with Crippen LogP contribution in [0.3, 0.4) is 0 Å². The number of hydrogen-bond acceptors (Lipinski definition) is 4. The molecular formula is C11H7F3N2O3. The average Bonchev–Trinajstić information content (AvgIpc) is 2.76. The van der Waals surface area contributed by atoms with Crippen molar-refractivity contribution in [3.8, 4) is 0 Å². The highest BCUT2D eigenvalue weighted by Gasteiger charge is 2.14. The minimum absolute atomic E-state index is 0.120. The van der Waals surface area contributed by atoms with Gasteiger partial charge in [0.25, 0.3) is 0 Å². The van der Waals surface area contributed by atoms with Gasteiger partial charge < -0.3 is 9.73 Å². The molecule has 0 atom stereocenters. The molecule has 1 aromatic heterocycles. The Balaban J connectivity index is 2.12. The molecule has 0 spiro atoms. The molecule has 0 aliphatic carbocycles. The summed E-state index contributed by atoms with van der Waals surface area (Å²) in [5.74, 6) is -3.59. The first kappa shape index (κ1) is 12.9. The summed E-state index contributed by atoms with van der Waals surface area (Å²) < 4.78 is 44.0. The van der Waals surface area contributed by atoms with Gasteiger partial charge in [0.15, 0.2) is 11.6 Å². The molecule has 5 nitrogen and oxygen atoms in total. The quantitative estimate of drug-likeness (QED) is 0.685. The molecule has 0 unspecified atom stereocenters. The van der Waals surface area contributed by atoms with Crippen LogP contribution in [0, 0.1) is 27.6 Å². The average molecular weight is 272 g/mol. The molecule has 0 fully saturated rings. The molecule has 0 radical (unpaired) electrons. The summed E-state index contributed by atoms with van der Waals surface area (Å²) in [5.41, 5.74) is -0.527. The van der Waals surface area contributed by atoms with Crippen molar-refractivity contribution in [2.45, 2.75) is 6.54 Å². The van der Waals surface area contributed by atoms with Crippen molar-refractivity contribution in [3.05, 3.63) is 57.6 Å². The number of furan rings is 1. The second-order valence-corrected chi connectivity index (χ2v) is 3.60. The predicted molar refractivity (Wildman–Crippen MR) is 59.0 cm³/mol. The van der Waals surface area contributed by atoms with Crippen LogP contribution in [-0.2, 0) is 6.54 Å². The van der Waals surface area contributed by atoms with E-state index in [2.05, 4.69) is 5.32 Å². The van der Waals surface area contributed by atoms with E-state index >= 15 is 0 Å². The van der Waals surface area contributed by atoms with Gasteiger partial charge in [-0.05, 0) is 6.07 Å². The van der Waals surface area contributed by atoms with E-state index in [1.807, 2.05) is 0 Å². The molecule has 0 amide bonds. The SMILES string of the molecule is O=[N+]([O-])c1ccc(CNc2c(F)cc(F)cc2F)o1. The number of rotatable bonds is 4. The number of nitrogens with zero attached hydrogens (tertiary/aromatic N) is 1. The second kappa shape index (κ2) is 5.01. The lowest BCUT2D eigenvalue weighted by Gasteiger charge is -2.07. The molecule has 0 aliphatic rings. The zero-order valence-corrected chi connectivity index (χ0v) is 9.32. The predicted octanol–water partition coefficient (Wildman–Crippen LogP) is 3.22. The van der Waals surface area contributed by atoms with Crippen molar-refractivity contribution in [2.24, 2.45) is 0 Å². The third-order valence-electron chi connectivity index (χ3n) is 2.27. The Bertz CT molecular complexity index is 604. The molecule has 0 aliphatic heterocycles. The van der Waals surface area contributed by atoms with E-state index in [1.165, 1.54) is 6.07 Å². The van der Waals surface area contributed by atoms with E-state index < -0.39 is 33.9 Å². The van der Waals surface area contributed by atoms with E-state index in [-0.39, 0.29) is 12.3 Å². The van der Waals surface area contributed by atoms with E-state index in [0.29, 0.717) is 12.1 Å². The number of hydrogen-bond donors (Lipinski definition) is 1. The smallest absolute Gasteiger partial charge is 0.404 e. The largest absolute Gasteiger partial charge is 0.433 e. The normalized spacial score (nSPS) is 10.5. The lowest BCUT2D eigenvalue weighted by molar-refractivity contribution is -0.402. The monoisotopic (exact) mass is 272 g/mol. The fourth-order valence-corrected chi connectivity index (χ4v) is 1.45. The van der Waals surface area contributed by atoms with Crippen molar-refractivity contribution in [1.29, 1.82) is 0 Å². The van der Waals surface area contributed by atoms with Crippen molar-refractivity contribution in [1.82, 2.24) is 0 Å². The van der Waals surface area contributed by atoms with E-state index in [4.69, 9.17) is 4.42 Å². The van der Waals surface area contributed by atoms with Gasteiger partial charge in [-0.1, -0.05) is 0 Å².